The first kappa shape index (κ1) is 16.6. The third-order valence-electron chi connectivity index (χ3n) is 4.55. The summed E-state index contributed by atoms with van der Waals surface area (Å²) in [6, 6.07) is 8.75. The molecule has 0 atom stereocenters. The van der Waals surface area contributed by atoms with Crippen molar-refractivity contribution in [1.82, 2.24) is 25.3 Å². The van der Waals surface area contributed by atoms with Crippen molar-refractivity contribution in [1.29, 1.82) is 0 Å². The summed E-state index contributed by atoms with van der Waals surface area (Å²) in [6.07, 6.45) is 3.53. The van der Waals surface area contributed by atoms with Gasteiger partial charge < -0.3 is 14.6 Å². The molecule has 3 aromatic rings. The van der Waals surface area contributed by atoms with Gasteiger partial charge in [-0.3, -0.25) is 4.79 Å². The van der Waals surface area contributed by atoms with Gasteiger partial charge >= 0.3 is 0 Å². The van der Waals surface area contributed by atoms with Crippen molar-refractivity contribution in [3.63, 3.8) is 0 Å². The Morgan fingerprint density at radius 2 is 2.04 bits per heavy atom. The second-order valence-electron chi connectivity index (χ2n) is 6.89. The summed E-state index contributed by atoms with van der Waals surface area (Å²) < 4.78 is 7.65. The molecule has 1 fully saturated rings. The maximum atomic E-state index is 12.0. The fourth-order valence-corrected chi connectivity index (χ4v) is 3.21. The molecule has 26 heavy (non-hydrogen) atoms. The van der Waals surface area contributed by atoms with Crippen molar-refractivity contribution in [2.45, 2.75) is 38.8 Å². The highest BCUT2D eigenvalue weighted by Gasteiger charge is 2.25. The summed E-state index contributed by atoms with van der Waals surface area (Å²) in [6.45, 7) is 5.49. The quantitative estimate of drug-likeness (QED) is 0.774. The lowest BCUT2D eigenvalue weighted by Crippen LogP contribution is -2.35. The van der Waals surface area contributed by atoms with Crippen molar-refractivity contribution in [2.75, 3.05) is 18.0 Å². The first-order chi connectivity index (χ1) is 12.6. The Kier molecular flexibility index (Phi) is 4.32. The first-order valence-electron chi connectivity index (χ1n) is 8.93. The molecule has 1 amide bonds. The number of anilines is 1. The molecule has 1 aromatic carbocycles. The van der Waals surface area contributed by atoms with E-state index < -0.39 is 0 Å². The topological polar surface area (TPSA) is 89.1 Å². The minimum Gasteiger partial charge on any atom is -0.423 e. The molecule has 4 rings (SSSR count). The molecule has 0 radical (unpaired) electrons. The zero-order valence-corrected chi connectivity index (χ0v) is 14.9. The lowest BCUT2D eigenvalue weighted by molar-refractivity contribution is 0.0938. The summed E-state index contributed by atoms with van der Waals surface area (Å²) >= 11 is 0. The van der Waals surface area contributed by atoms with E-state index in [4.69, 9.17) is 4.42 Å². The number of benzene rings is 1. The molecule has 136 valence electrons. The predicted molar refractivity (Wildman–Crippen MR) is 97.1 cm³/mol. The fraction of sp³-hybridized carbons (Fsp3) is 0.444. The number of nitrogens with one attached hydrogen (secondary N) is 1. The average molecular weight is 354 g/mol. The smallest absolute Gasteiger partial charge is 0.298 e. The number of carbonyl (C=O) groups is 1. The predicted octanol–water partition coefficient (Wildman–Crippen LogP) is 2.40. The van der Waals surface area contributed by atoms with E-state index in [0.717, 1.165) is 37.0 Å². The molecule has 3 heterocycles. The Morgan fingerprint density at radius 1 is 1.27 bits per heavy atom. The lowest BCUT2D eigenvalue weighted by Gasteiger charge is -2.30. The van der Waals surface area contributed by atoms with Crippen LogP contribution in [0.4, 0.5) is 6.01 Å². The molecular weight excluding hydrogens is 332 g/mol. The van der Waals surface area contributed by atoms with Gasteiger partial charge in [0.25, 0.3) is 11.9 Å². The molecule has 1 N–H and O–H groups in total. The van der Waals surface area contributed by atoms with Gasteiger partial charge in [0.15, 0.2) is 11.3 Å². The van der Waals surface area contributed by atoms with E-state index in [0.29, 0.717) is 11.7 Å². The highest BCUT2D eigenvalue weighted by Crippen LogP contribution is 2.28. The summed E-state index contributed by atoms with van der Waals surface area (Å²) in [5.74, 6) is -0.185. The molecule has 1 aliphatic heterocycles. The normalized spacial score (nSPS) is 15.7. The van der Waals surface area contributed by atoms with Crippen LogP contribution in [0.5, 0.6) is 0 Å². The van der Waals surface area contributed by atoms with Crippen LogP contribution in [0.25, 0.3) is 11.1 Å². The Hall–Kier alpha value is -2.90. The van der Waals surface area contributed by atoms with Crippen molar-refractivity contribution in [3.8, 4) is 0 Å². The van der Waals surface area contributed by atoms with Crippen LogP contribution in [0, 0.1) is 0 Å². The summed E-state index contributed by atoms with van der Waals surface area (Å²) in [4.78, 5) is 18.7. The maximum Gasteiger partial charge on any atom is 0.298 e. The van der Waals surface area contributed by atoms with Crippen LogP contribution in [-0.4, -0.2) is 45.0 Å². The molecule has 8 heteroatoms. The monoisotopic (exact) mass is 354 g/mol. The number of oxazole rings is 1. The van der Waals surface area contributed by atoms with Crippen LogP contribution in [-0.2, 0) is 0 Å². The van der Waals surface area contributed by atoms with Gasteiger partial charge in [0.1, 0.15) is 5.52 Å². The Labute approximate surface area is 151 Å². The Morgan fingerprint density at radius 3 is 2.77 bits per heavy atom. The molecule has 0 saturated carbocycles. The van der Waals surface area contributed by atoms with Gasteiger partial charge in [-0.25, -0.2) is 4.68 Å². The summed E-state index contributed by atoms with van der Waals surface area (Å²) in [5.41, 5.74) is 2.04. The number of carbonyl (C=O) groups excluding carboxylic acids is 1. The van der Waals surface area contributed by atoms with Crippen molar-refractivity contribution >= 4 is 23.0 Å². The van der Waals surface area contributed by atoms with Crippen LogP contribution >= 0.6 is 0 Å². The number of nitrogens with zero attached hydrogens (tertiary/aromatic N) is 5. The van der Waals surface area contributed by atoms with Crippen LogP contribution in [0.3, 0.4) is 0 Å². The van der Waals surface area contributed by atoms with Crippen molar-refractivity contribution < 1.29 is 9.21 Å². The summed E-state index contributed by atoms with van der Waals surface area (Å²) in [5, 5.41) is 11.0. The average Bonchev–Trinajstić information content (AvgIpc) is 3.28. The maximum absolute atomic E-state index is 12.0. The highest BCUT2D eigenvalue weighted by molar-refractivity contribution is 5.92. The number of fused-ring (bicyclic) bond motifs is 1. The van der Waals surface area contributed by atoms with Crippen LogP contribution in [0.2, 0.25) is 0 Å². The largest absolute Gasteiger partial charge is 0.423 e. The number of hydrogen-bond acceptors (Lipinski definition) is 6. The molecular formula is C18H22N6O2. The van der Waals surface area contributed by atoms with Gasteiger partial charge in [-0.2, -0.15) is 4.98 Å². The first-order valence-corrected chi connectivity index (χ1v) is 8.93. The van der Waals surface area contributed by atoms with E-state index in [1.807, 2.05) is 38.1 Å². The number of para-hydroxylation sites is 2. The van der Waals surface area contributed by atoms with Crippen LogP contribution in [0.1, 0.15) is 43.2 Å². The molecule has 2 aromatic heterocycles. The molecule has 0 bridgehead atoms. The molecule has 0 spiro atoms. The van der Waals surface area contributed by atoms with E-state index in [9.17, 15) is 4.79 Å². The number of piperidine rings is 1. The molecule has 0 aliphatic carbocycles. The van der Waals surface area contributed by atoms with E-state index in [-0.39, 0.29) is 18.0 Å². The zero-order chi connectivity index (χ0) is 18.1. The highest BCUT2D eigenvalue weighted by atomic mass is 16.4. The van der Waals surface area contributed by atoms with E-state index >= 15 is 0 Å². The zero-order valence-electron chi connectivity index (χ0n) is 14.9. The van der Waals surface area contributed by atoms with Gasteiger partial charge in [-0.1, -0.05) is 17.3 Å². The number of amides is 1. The number of hydrogen-bond donors (Lipinski definition) is 1. The van der Waals surface area contributed by atoms with E-state index in [1.54, 1.807) is 10.9 Å². The third-order valence-corrected chi connectivity index (χ3v) is 4.55. The molecule has 0 unspecified atom stereocenters. The molecule has 8 nitrogen and oxygen atoms in total. The Balaban J connectivity index is 1.40. The van der Waals surface area contributed by atoms with Gasteiger partial charge in [0.2, 0.25) is 0 Å². The van der Waals surface area contributed by atoms with Gasteiger partial charge in [0.05, 0.1) is 12.2 Å². The minimum atomic E-state index is -0.185. The second-order valence-corrected chi connectivity index (χ2v) is 6.89. The molecule has 1 aliphatic rings. The summed E-state index contributed by atoms with van der Waals surface area (Å²) in [7, 11) is 0. The molecule has 1 saturated heterocycles. The fourth-order valence-electron chi connectivity index (χ4n) is 3.21. The van der Waals surface area contributed by atoms with E-state index in [1.165, 1.54) is 0 Å². The van der Waals surface area contributed by atoms with Gasteiger partial charge in [-0.05, 0) is 38.8 Å². The number of rotatable bonds is 4. The number of aromatic nitrogens is 4. The SMILES string of the molecule is CC(C)NC(=O)c1cn(C2CCN(c3nc4ccccc4o3)CC2)nn1. The van der Waals surface area contributed by atoms with Crippen LogP contribution in [0.15, 0.2) is 34.9 Å². The minimum absolute atomic E-state index is 0.0761. The van der Waals surface area contributed by atoms with Gasteiger partial charge in [-0.15, -0.1) is 5.10 Å². The van der Waals surface area contributed by atoms with Gasteiger partial charge in [0, 0.05) is 19.1 Å². The van der Waals surface area contributed by atoms with Crippen LogP contribution < -0.4 is 10.2 Å². The Bertz CT molecular complexity index is 874. The lowest BCUT2D eigenvalue weighted by atomic mass is 10.1. The third kappa shape index (κ3) is 3.26. The second kappa shape index (κ2) is 6.78. The van der Waals surface area contributed by atoms with Crippen molar-refractivity contribution in [2.24, 2.45) is 0 Å². The van der Waals surface area contributed by atoms with E-state index in [2.05, 4.69) is 25.5 Å². The van der Waals surface area contributed by atoms with Crippen molar-refractivity contribution in [3.05, 3.63) is 36.2 Å². The standard InChI is InChI=1S/C18H22N6O2/c1-12(2)19-17(25)15-11-24(22-21-15)13-7-9-23(10-8-13)18-20-14-5-3-4-6-16(14)26-18/h3-6,11-13H,7-10H2,1-2H3,(H,19,25).